The molecule has 2 rings (SSSR count). The molecule has 1 unspecified atom stereocenters. The second-order valence-corrected chi connectivity index (χ2v) is 7.26. The molecule has 0 aliphatic rings. The van der Waals surface area contributed by atoms with Gasteiger partial charge in [-0.25, -0.2) is 8.78 Å². The van der Waals surface area contributed by atoms with Gasteiger partial charge in [-0.2, -0.15) is 0 Å². The molecule has 0 aliphatic carbocycles. The lowest BCUT2D eigenvalue weighted by Gasteiger charge is -2.13. The van der Waals surface area contributed by atoms with Crippen LogP contribution in [0.15, 0.2) is 34.1 Å². The zero-order valence-corrected chi connectivity index (χ0v) is 14.4. The van der Waals surface area contributed by atoms with Gasteiger partial charge >= 0.3 is 0 Å². The van der Waals surface area contributed by atoms with Crippen LogP contribution in [0.2, 0.25) is 0 Å². The Bertz CT molecular complexity index is 716. The first-order valence-electron chi connectivity index (χ1n) is 6.64. The fourth-order valence-electron chi connectivity index (χ4n) is 1.82. The van der Waals surface area contributed by atoms with Gasteiger partial charge in [-0.05, 0) is 52.7 Å². The van der Waals surface area contributed by atoms with Crippen molar-refractivity contribution < 1.29 is 18.4 Å². The molecule has 1 atom stereocenters. The van der Waals surface area contributed by atoms with Crippen LogP contribution in [-0.2, 0) is 11.3 Å². The summed E-state index contributed by atoms with van der Waals surface area (Å²) in [6, 6.07) is 5.63. The lowest BCUT2D eigenvalue weighted by Crippen LogP contribution is -2.44. The van der Waals surface area contributed by atoms with E-state index in [9.17, 15) is 18.4 Å². The van der Waals surface area contributed by atoms with Crippen LogP contribution in [0, 0.1) is 11.6 Å². The first-order chi connectivity index (χ1) is 10.8. The second kappa shape index (κ2) is 7.65. The van der Waals surface area contributed by atoms with Crippen molar-refractivity contribution in [3.05, 3.63) is 56.2 Å². The average molecular weight is 403 g/mol. The minimum atomic E-state index is -0.776. The van der Waals surface area contributed by atoms with Crippen molar-refractivity contribution in [3.63, 3.8) is 0 Å². The highest BCUT2D eigenvalue weighted by molar-refractivity contribution is 9.11. The Hall–Kier alpha value is -1.80. The highest BCUT2D eigenvalue weighted by Crippen LogP contribution is 2.21. The average Bonchev–Trinajstić information content (AvgIpc) is 2.90. The summed E-state index contributed by atoms with van der Waals surface area (Å²) >= 11 is 4.51. The van der Waals surface area contributed by atoms with Gasteiger partial charge < -0.3 is 10.6 Å². The molecule has 0 bridgehead atoms. The van der Waals surface area contributed by atoms with E-state index >= 15 is 0 Å². The molecule has 0 radical (unpaired) electrons. The number of amides is 2. The monoisotopic (exact) mass is 402 g/mol. The molecule has 4 nitrogen and oxygen atoms in total. The lowest BCUT2D eigenvalue weighted by molar-refractivity contribution is -0.122. The van der Waals surface area contributed by atoms with Crippen LogP contribution >= 0.6 is 27.3 Å². The van der Waals surface area contributed by atoms with Crippen LogP contribution in [0.25, 0.3) is 0 Å². The Balaban J connectivity index is 1.88. The maximum atomic E-state index is 13.1. The van der Waals surface area contributed by atoms with E-state index in [0.29, 0.717) is 10.4 Å². The molecule has 1 aromatic carbocycles. The van der Waals surface area contributed by atoms with Gasteiger partial charge in [-0.3, -0.25) is 9.59 Å². The van der Waals surface area contributed by atoms with Crippen LogP contribution in [0.4, 0.5) is 8.78 Å². The number of thiophene rings is 1. The van der Waals surface area contributed by atoms with E-state index in [1.807, 2.05) is 0 Å². The first kappa shape index (κ1) is 17.6. The number of carbonyl (C=O) groups excluding carboxylic acids is 2. The first-order valence-corrected chi connectivity index (χ1v) is 8.25. The van der Waals surface area contributed by atoms with E-state index in [2.05, 4.69) is 26.6 Å². The summed E-state index contributed by atoms with van der Waals surface area (Å²) in [7, 11) is 0. The quantitative estimate of drug-likeness (QED) is 0.806. The van der Waals surface area contributed by atoms with Crippen molar-refractivity contribution >= 4 is 39.1 Å². The largest absolute Gasteiger partial charge is 0.350 e. The molecule has 2 amide bonds. The second-order valence-electron chi connectivity index (χ2n) is 4.79. The van der Waals surface area contributed by atoms with E-state index in [4.69, 9.17) is 0 Å². The Morgan fingerprint density at radius 1 is 1.22 bits per heavy atom. The van der Waals surface area contributed by atoms with Gasteiger partial charge in [0.25, 0.3) is 5.91 Å². The van der Waals surface area contributed by atoms with Gasteiger partial charge in [-0.1, -0.05) is 0 Å². The normalized spacial score (nSPS) is 11.8. The molecule has 1 heterocycles. The molecule has 0 saturated carbocycles. The van der Waals surface area contributed by atoms with E-state index in [-0.39, 0.29) is 12.5 Å². The maximum absolute atomic E-state index is 13.1. The van der Waals surface area contributed by atoms with Gasteiger partial charge in [0.1, 0.15) is 17.7 Å². The molecule has 0 aliphatic heterocycles. The molecule has 0 fully saturated rings. The van der Waals surface area contributed by atoms with Crippen molar-refractivity contribution in [2.45, 2.75) is 19.5 Å². The van der Waals surface area contributed by atoms with Gasteiger partial charge in [0.2, 0.25) is 5.91 Å². The number of nitrogens with one attached hydrogen (secondary N) is 2. The third kappa shape index (κ3) is 5.11. The molecular weight excluding hydrogens is 390 g/mol. The number of carbonyl (C=O) groups is 2. The fourth-order valence-corrected chi connectivity index (χ4v) is 3.11. The van der Waals surface area contributed by atoms with Gasteiger partial charge in [0.15, 0.2) is 0 Å². The summed E-state index contributed by atoms with van der Waals surface area (Å²) in [5.41, 5.74) is 0.302. The molecule has 1 aromatic heterocycles. The third-order valence-corrected chi connectivity index (χ3v) is 4.55. The highest BCUT2D eigenvalue weighted by atomic mass is 79.9. The van der Waals surface area contributed by atoms with Crippen molar-refractivity contribution in [1.29, 1.82) is 0 Å². The van der Waals surface area contributed by atoms with E-state index in [0.717, 1.165) is 22.0 Å². The van der Waals surface area contributed by atoms with E-state index in [1.54, 1.807) is 12.1 Å². The van der Waals surface area contributed by atoms with E-state index < -0.39 is 23.6 Å². The summed E-state index contributed by atoms with van der Waals surface area (Å²) in [6.07, 6.45) is 0. The molecule has 0 saturated heterocycles. The Labute approximate surface area is 144 Å². The summed E-state index contributed by atoms with van der Waals surface area (Å²) < 4.78 is 26.9. The molecular formula is C15H13BrF2N2O2S. The van der Waals surface area contributed by atoms with Gasteiger partial charge in [0, 0.05) is 12.6 Å². The topological polar surface area (TPSA) is 58.2 Å². The number of hydrogen-bond acceptors (Lipinski definition) is 3. The summed E-state index contributed by atoms with van der Waals surface area (Å²) in [4.78, 5) is 24.4. The molecule has 23 heavy (non-hydrogen) atoms. The Morgan fingerprint density at radius 2 is 1.87 bits per heavy atom. The standard InChI is InChI=1S/C15H13BrF2N2O2S/c1-8(20-15(22)12-2-3-13(16)23-12)14(21)19-7-9-4-10(17)6-11(18)5-9/h2-6,8H,7H2,1H3,(H,19,21)(H,20,22). The minimum Gasteiger partial charge on any atom is -0.350 e. The molecule has 2 aromatic rings. The number of rotatable bonds is 5. The van der Waals surface area contributed by atoms with Crippen LogP contribution in [0.1, 0.15) is 22.2 Å². The molecule has 122 valence electrons. The van der Waals surface area contributed by atoms with Crippen molar-refractivity contribution in [2.24, 2.45) is 0 Å². The predicted molar refractivity (Wildman–Crippen MR) is 87.2 cm³/mol. The minimum absolute atomic E-state index is 0.0295. The number of hydrogen-bond donors (Lipinski definition) is 2. The van der Waals surface area contributed by atoms with Crippen molar-refractivity contribution in [1.82, 2.24) is 10.6 Å². The number of benzene rings is 1. The zero-order valence-electron chi connectivity index (χ0n) is 12.0. The Kier molecular flexibility index (Phi) is 5.84. The predicted octanol–water partition coefficient (Wildman–Crippen LogP) is 3.22. The zero-order chi connectivity index (χ0) is 17.0. The highest BCUT2D eigenvalue weighted by Gasteiger charge is 2.17. The molecule has 2 N–H and O–H groups in total. The van der Waals surface area contributed by atoms with E-state index in [1.165, 1.54) is 18.3 Å². The smallest absolute Gasteiger partial charge is 0.262 e. The molecule has 8 heteroatoms. The van der Waals surface area contributed by atoms with Gasteiger partial charge in [-0.15, -0.1) is 11.3 Å². The summed E-state index contributed by atoms with van der Waals surface area (Å²) in [5.74, 6) is -2.23. The fraction of sp³-hybridized carbons (Fsp3) is 0.200. The Morgan fingerprint density at radius 3 is 2.43 bits per heavy atom. The molecule has 0 spiro atoms. The third-order valence-electron chi connectivity index (χ3n) is 2.93. The SMILES string of the molecule is CC(NC(=O)c1ccc(Br)s1)C(=O)NCc1cc(F)cc(F)c1. The van der Waals surface area contributed by atoms with Gasteiger partial charge in [0.05, 0.1) is 8.66 Å². The van der Waals surface area contributed by atoms with Crippen LogP contribution in [-0.4, -0.2) is 17.9 Å². The number of halogens is 3. The summed E-state index contributed by atoms with van der Waals surface area (Å²) in [5, 5.41) is 5.08. The van der Waals surface area contributed by atoms with Crippen molar-refractivity contribution in [2.75, 3.05) is 0 Å². The van der Waals surface area contributed by atoms with Crippen LogP contribution in [0.3, 0.4) is 0 Å². The van der Waals surface area contributed by atoms with Crippen molar-refractivity contribution in [3.8, 4) is 0 Å². The summed E-state index contributed by atoms with van der Waals surface area (Å²) in [6.45, 7) is 1.50. The lowest BCUT2D eigenvalue weighted by atomic mass is 10.2. The van der Waals surface area contributed by atoms with Crippen LogP contribution in [0.5, 0.6) is 0 Å². The van der Waals surface area contributed by atoms with Crippen LogP contribution < -0.4 is 10.6 Å². The maximum Gasteiger partial charge on any atom is 0.262 e.